The Morgan fingerprint density at radius 2 is 2.14 bits per heavy atom. The molecule has 1 saturated heterocycles. The zero-order valence-corrected chi connectivity index (χ0v) is 12.6. The first-order valence-corrected chi connectivity index (χ1v) is 8.00. The number of sulfonamides is 1. The number of nitrogens with two attached hydrogens (primary N) is 1. The van der Waals surface area contributed by atoms with Gasteiger partial charge in [-0.05, 0) is 12.1 Å². The molecular weight excluding hydrogens is 296 g/mol. The predicted octanol–water partition coefficient (Wildman–Crippen LogP) is -0.471. The maximum absolute atomic E-state index is 12.4. The molecule has 0 unspecified atom stereocenters. The van der Waals surface area contributed by atoms with Crippen molar-refractivity contribution in [2.24, 2.45) is 5.84 Å². The van der Waals surface area contributed by atoms with E-state index in [2.05, 4.69) is 10.4 Å². The Labute approximate surface area is 123 Å². The van der Waals surface area contributed by atoms with Gasteiger partial charge < -0.3 is 15.3 Å². The van der Waals surface area contributed by atoms with Gasteiger partial charge in [-0.2, -0.15) is 4.31 Å². The average molecular weight is 316 g/mol. The summed E-state index contributed by atoms with van der Waals surface area (Å²) in [6.45, 7) is 0.890. The van der Waals surface area contributed by atoms with Crippen molar-refractivity contribution in [2.45, 2.75) is 23.3 Å². The average Bonchev–Trinajstić information content (AvgIpc) is 2.47. The molecule has 1 aromatic rings. The molecule has 2 rings (SSSR count). The zero-order valence-electron chi connectivity index (χ0n) is 11.8. The molecule has 0 amide bonds. The third-order valence-electron chi connectivity index (χ3n) is 3.53. The third kappa shape index (κ3) is 3.69. The van der Waals surface area contributed by atoms with Crippen LogP contribution in [0.4, 0.5) is 5.82 Å². The fraction of sp³-hybridized carbons (Fsp3) is 0.583. The van der Waals surface area contributed by atoms with Gasteiger partial charge in [0.05, 0.1) is 5.60 Å². The molecule has 1 fully saturated rings. The van der Waals surface area contributed by atoms with Crippen LogP contribution in [0.15, 0.2) is 23.2 Å². The number of ether oxygens (including phenoxy) is 1. The van der Waals surface area contributed by atoms with Crippen molar-refractivity contribution >= 4 is 15.8 Å². The van der Waals surface area contributed by atoms with E-state index in [1.165, 1.54) is 25.4 Å². The molecule has 0 radical (unpaired) electrons. The molecular formula is C12H20N4O4S. The molecule has 21 heavy (non-hydrogen) atoms. The predicted molar refractivity (Wildman–Crippen MR) is 76.9 cm³/mol. The summed E-state index contributed by atoms with van der Waals surface area (Å²) < 4.78 is 31.2. The van der Waals surface area contributed by atoms with Gasteiger partial charge in [0.2, 0.25) is 10.0 Å². The molecule has 8 nitrogen and oxygen atoms in total. The molecule has 0 atom stereocenters. The summed E-state index contributed by atoms with van der Waals surface area (Å²) in [6, 6.07) is 2.89. The molecule has 1 aliphatic heterocycles. The van der Waals surface area contributed by atoms with Crippen LogP contribution in [-0.4, -0.2) is 55.2 Å². The number of anilines is 1. The quantitative estimate of drug-likeness (QED) is 0.496. The third-order valence-corrected chi connectivity index (χ3v) is 5.32. The number of hydrogen-bond acceptors (Lipinski definition) is 7. The standard InChI is InChI=1S/C12H20N4O4S/c1-16(9-12(17)4-6-20-7-5-12)21(18,19)10-2-3-11(15-13)14-8-10/h2-3,8,17H,4-7,9,13H2,1H3,(H,14,15). The van der Waals surface area contributed by atoms with Crippen LogP contribution in [0.1, 0.15) is 12.8 Å². The Balaban J connectivity index is 2.13. The topological polar surface area (TPSA) is 118 Å². The Hall–Kier alpha value is -1.26. The number of nitrogens with zero attached hydrogens (tertiary/aromatic N) is 2. The van der Waals surface area contributed by atoms with Crippen molar-refractivity contribution in [1.29, 1.82) is 0 Å². The number of nitrogen functional groups attached to an aromatic ring is 1. The number of pyridine rings is 1. The highest BCUT2D eigenvalue weighted by Gasteiger charge is 2.35. The SMILES string of the molecule is CN(CC1(O)CCOCC1)S(=O)(=O)c1ccc(NN)nc1. The highest BCUT2D eigenvalue weighted by atomic mass is 32.2. The smallest absolute Gasteiger partial charge is 0.244 e. The molecule has 1 aromatic heterocycles. The van der Waals surface area contributed by atoms with E-state index in [9.17, 15) is 13.5 Å². The van der Waals surface area contributed by atoms with Crippen molar-refractivity contribution in [1.82, 2.24) is 9.29 Å². The van der Waals surface area contributed by atoms with Gasteiger partial charge in [-0.1, -0.05) is 0 Å². The van der Waals surface area contributed by atoms with E-state index in [0.717, 1.165) is 4.31 Å². The van der Waals surface area contributed by atoms with Gasteiger partial charge in [0.25, 0.3) is 0 Å². The molecule has 118 valence electrons. The lowest BCUT2D eigenvalue weighted by molar-refractivity contribution is -0.0689. The van der Waals surface area contributed by atoms with Gasteiger partial charge in [-0.15, -0.1) is 0 Å². The Kier molecular flexibility index (Phi) is 4.79. The molecule has 0 spiro atoms. The molecule has 2 heterocycles. The van der Waals surface area contributed by atoms with Gasteiger partial charge in [-0.3, -0.25) is 0 Å². The van der Waals surface area contributed by atoms with Crippen molar-refractivity contribution in [3.63, 3.8) is 0 Å². The highest BCUT2D eigenvalue weighted by Crippen LogP contribution is 2.24. The molecule has 0 aliphatic carbocycles. The van der Waals surface area contributed by atoms with Gasteiger partial charge in [0.15, 0.2) is 0 Å². The molecule has 1 aliphatic rings. The van der Waals surface area contributed by atoms with E-state index in [-0.39, 0.29) is 11.4 Å². The number of aromatic nitrogens is 1. The highest BCUT2D eigenvalue weighted by molar-refractivity contribution is 7.89. The molecule has 9 heteroatoms. The van der Waals surface area contributed by atoms with E-state index in [4.69, 9.17) is 10.6 Å². The van der Waals surface area contributed by atoms with E-state index in [1.54, 1.807) is 0 Å². The summed E-state index contributed by atoms with van der Waals surface area (Å²) in [7, 11) is -2.26. The maximum Gasteiger partial charge on any atom is 0.244 e. The number of hydrogen-bond donors (Lipinski definition) is 3. The largest absolute Gasteiger partial charge is 0.388 e. The second-order valence-corrected chi connectivity index (χ2v) is 7.17. The zero-order chi connectivity index (χ0) is 15.5. The van der Waals surface area contributed by atoms with Crippen molar-refractivity contribution in [3.05, 3.63) is 18.3 Å². The Bertz CT molecular complexity index is 569. The summed E-state index contributed by atoms with van der Waals surface area (Å²) in [4.78, 5) is 3.94. The second kappa shape index (κ2) is 6.24. The monoisotopic (exact) mass is 316 g/mol. The van der Waals surface area contributed by atoms with Crippen molar-refractivity contribution in [2.75, 3.05) is 32.2 Å². The first kappa shape index (κ1) is 16.1. The van der Waals surface area contributed by atoms with Crippen molar-refractivity contribution < 1.29 is 18.3 Å². The Morgan fingerprint density at radius 3 is 2.67 bits per heavy atom. The minimum atomic E-state index is -3.70. The lowest BCUT2D eigenvalue weighted by atomic mass is 9.95. The Morgan fingerprint density at radius 1 is 1.48 bits per heavy atom. The van der Waals surface area contributed by atoms with Crippen LogP contribution in [0, 0.1) is 0 Å². The summed E-state index contributed by atoms with van der Waals surface area (Å²) >= 11 is 0. The van der Waals surface area contributed by atoms with Gasteiger partial charge in [-0.25, -0.2) is 19.2 Å². The molecule has 0 aromatic carbocycles. The first-order chi connectivity index (χ1) is 9.87. The number of rotatable bonds is 5. The maximum atomic E-state index is 12.4. The molecule has 0 bridgehead atoms. The minimum Gasteiger partial charge on any atom is -0.388 e. The van der Waals surface area contributed by atoms with Crippen LogP contribution in [0.25, 0.3) is 0 Å². The van der Waals surface area contributed by atoms with Crippen LogP contribution in [0.2, 0.25) is 0 Å². The van der Waals surface area contributed by atoms with Gasteiger partial charge >= 0.3 is 0 Å². The first-order valence-electron chi connectivity index (χ1n) is 6.56. The normalized spacial score (nSPS) is 18.7. The summed E-state index contributed by atoms with van der Waals surface area (Å²) in [5, 5.41) is 10.4. The number of aliphatic hydroxyl groups is 1. The number of likely N-dealkylation sites (N-methyl/N-ethyl adjacent to an activating group) is 1. The van der Waals surface area contributed by atoms with E-state index in [0.29, 0.717) is 31.9 Å². The van der Waals surface area contributed by atoms with E-state index < -0.39 is 15.6 Å². The fourth-order valence-corrected chi connectivity index (χ4v) is 3.40. The van der Waals surface area contributed by atoms with E-state index >= 15 is 0 Å². The van der Waals surface area contributed by atoms with E-state index in [1.807, 2.05) is 0 Å². The van der Waals surface area contributed by atoms with Crippen LogP contribution in [0.5, 0.6) is 0 Å². The summed E-state index contributed by atoms with van der Waals surface area (Å²) in [5.74, 6) is 5.57. The fourth-order valence-electron chi connectivity index (χ4n) is 2.21. The van der Waals surface area contributed by atoms with Gasteiger partial charge in [0, 0.05) is 45.8 Å². The lowest BCUT2D eigenvalue weighted by Gasteiger charge is -2.34. The molecule has 0 saturated carbocycles. The summed E-state index contributed by atoms with van der Waals surface area (Å²) in [6.07, 6.45) is 2.07. The minimum absolute atomic E-state index is 0.0234. The van der Waals surface area contributed by atoms with Crippen LogP contribution >= 0.6 is 0 Å². The molecule has 4 N–H and O–H groups in total. The lowest BCUT2D eigenvalue weighted by Crippen LogP contribution is -2.47. The number of hydrazine groups is 1. The van der Waals surface area contributed by atoms with Gasteiger partial charge in [0.1, 0.15) is 10.7 Å². The number of nitrogens with one attached hydrogen (secondary N) is 1. The van der Waals surface area contributed by atoms with Crippen LogP contribution in [-0.2, 0) is 14.8 Å². The summed E-state index contributed by atoms with van der Waals surface area (Å²) in [5.41, 5.74) is 1.28. The van der Waals surface area contributed by atoms with Crippen LogP contribution < -0.4 is 11.3 Å². The second-order valence-electron chi connectivity index (χ2n) is 5.12. The van der Waals surface area contributed by atoms with Crippen LogP contribution in [0.3, 0.4) is 0 Å². The van der Waals surface area contributed by atoms with Crippen molar-refractivity contribution in [3.8, 4) is 0 Å².